The van der Waals surface area contributed by atoms with Crippen molar-refractivity contribution in [1.29, 1.82) is 0 Å². The maximum Gasteiger partial charge on any atom is 0.173 e. The molecule has 0 radical (unpaired) electrons. The highest BCUT2D eigenvalue weighted by molar-refractivity contribution is 7.99. The van der Waals surface area contributed by atoms with Gasteiger partial charge in [-0.15, -0.1) is 11.8 Å². The van der Waals surface area contributed by atoms with E-state index in [2.05, 4.69) is 41.9 Å². The van der Waals surface area contributed by atoms with E-state index in [1.54, 1.807) is 11.8 Å². The number of benzene rings is 1. The molecule has 21 heavy (non-hydrogen) atoms. The van der Waals surface area contributed by atoms with Gasteiger partial charge in [-0.25, -0.2) is 0 Å². The molecule has 1 aromatic rings. The average molecular weight is 308 g/mol. The highest BCUT2D eigenvalue weighted by Gasteiger charge is 2.25. The lowest BCUT2D eigenvalue weighted by Gasteiger charge is -2.40. The molecule has 1 aromatic carbocycles. The van der Waals surface area contributed by atoms with Crippen LogP contribution in [-0.4, -0.2) is 54.4 Å². The van der Waals surface area contributed by atoms with Crippen LogP contribution in [0.5, 0.6) is 0 Å². The van der Waals surface area contributed by atoms with Crippen LogP contribution in [0.1, 0.15) is 19.4 Å². The number of nitrogens with zero attached hydrogens (tertiary/aromatic N) is 3. The highest BCUT2D eigenvalue weighted by atomic mass is 32.2. The summed E-state index contributed by atoms with van der Waals surface area (Å²) in [5, 5.41) is 12.4. The van der Waals surface area contributed by atoms with Gasteiger partial charge < -0.3 is 20.7 Å². The molecule has 0 aliphatic carbocycles. The Balaban J connectivity index is 2.45. The van der Waals surface area contributed by atoms with Gasteiger partial charge in [0.05, 0.1) is 5.56 Å². The van der Waals surface area contributed by atoms with Crippen LogP contribution in [0, 0.1) is 0 Å². The van der Waals surface area contributed by atoms with Gasteiger partial charge in [0.2, 0.25) is 0 Å². The first-order valence-electron chi connectivity index (χ1n) is 7.27. The molecule has 1 unspecified atom stereocenters. The smallest absolute Gasteiger partial charge is 0.173 e. The van der Waals surface area contributed by atoms with Crippen molar-refractivity contribution in [2.75, 3.05) is 37.3 Å². The molecule has 0 saturated carbocycles. The Morgan fingerprint density at radius 1 is 1.48 bits per heavy atom. The van der Waals surface area contributed by atoms with Crippen LogP contribution in [0.2, 0.25) is 0 Å². The van der Waals surface area contributed by atoms with Crippen molar-refractivity contribution in [3.63, 3.8) is 0 Å². The summed E-state index contributed by atoms with van der Waals surface area (Å²) in [6.45, 7) is 7.30. The van der Waals surface area contributed by atoms with Gasteiger partial charge in [0.15, 0.2) is 5.84 Å². The minimum absolute atomic E-state index is 0.188. The second-order valence-corrected chi connectivity index (χ2v) is 6.68. The Morgan fingerprint density at radius 2 is 2.24 bits per heavy atom. The molecular formula is C15H24N4OS. The average Bonchev–Trinajstić information content (AvgIpc) is 2.47. The molecule has 6 heteroatoms. The highest BCUT2D eigenvalue weighted by Crippen LogP contribution is 2.32. The number of hydrogen-bond donors (Lipinski definition) is 2. The third kappa shape index (κ3) is 3.44. The normalized spacial score (nSPS) is 20.8. The fraction of sp³-hybridized carbons (Fsp3) is 0.533. The number of anilines is 1. The molecule has 2 rings (SSSR count). The first-order chi connectivity index (χ1) is 10.1. The summed E-state index contributed by atoms with van der Waals surface area (Å²) in [4.78, 5) is 5.75. The first-order valence-corrected chi connectivity index (χ1v) is 8.26. The van der Waals surface area contributed by atoms with E-state index >= 15 is 0 Å². The molecule has 0 bridgehead atoms. The standard InChI is InChI=1S/C15H24N4OS/c1-4-21-13-7-5-6-12(14(13)15(16)17-20)19-9-8-18(3)10-11(19)2/h5-7,11,20H,4,8-10H2,1-3H3,(H2,16,17). The molecule has 1 atom stereocenters. The van der Waals surface area contributed by atoms with Gasteiger partial charge in [-0.3, -0.25) is 0 Å². The molecule has 5 nitrogen and oxygen atoms in total. The van der Waals surface area contributed by atoms with Crippen LogP contribution >= 0.6 is 11.8 Å². The number of amidine groups is 1. The number of thioether (sulfide) groups is 1. The molecule has 1 saturated heterocycles. The lowest BCUT2D eigenvalue weighted by atomic mass is 10.1. The SMILES string of the molecule is CCSc1cccc(N2CCN(C)CC2C)c1/C(N)=N/O. The van der Waals surface area contributed by atoms with Crippen molar-refractivity contribution in [2.24, 2.45) is 10.9 Å². The van der Waals surface area contributed by atoms with Crippen molar-refractivity contribution in [1.82, 2.24) is 4.90 Å². The summed E-state index contributed by atoms with van der Waals surface area (Å²) in [5.41, 5.74) is 7.86. The summed E-state index contributed by atoms with van der Waals surface area (Å²) >= 11 is 1.72. The minimum atomic E-state index is 0.188. The van der Waals surface area contributed by atoms with E-state index in [1.807, 2.05) is 12.1 Å². The molecule has 1 fully saturated rings. The van der Waals surface area contributed by atoms with E-state index in [4.69, 9.17) is 10.9 Å². The molecule has 1 aliphatic rings. The predicted molar refractivity (Wildman–Crippen MR) is 89.7 cm³/mol. The lowest BCUT2D eigenvalue weighted by Crippen LogP contribution is -2.51. The molecule has 3 N–H and O–H groups in total. The zero-order valence-electron chi connectivity index (χ0n) is 12.9. The van der Waals surface area contributed by atoms with E-state index in [0.29, 0.717) is 6.04 Å². The van der Waals surface area contributed by atoms with Crippen LogP contribution in [-0.2, 0) is 0 Å². The Hall–Kier alpha value is -1.40. The van der Waals surface area contributed by atoms with Crippen molar-refractivity contribution in [3.8, 4) is 0 Å². The second kappa shape index (κ2) is 7.04. The number of likely N-dealkylation sites (N-methyl/N-ethyl adjacent to an activating group) is 1. The maximum absolute atomic E-state index is 9.14. The Kier molecular flexibility index (Phi) is 5.36. The summed E-state index contributed by atoms with van der Waals surface area (Å²) in [6, 6.07) is 6.54. The Labute approximate surface area is 130 Å². The molecular weight excluding hydrogens is 284 g/mol. The molecule has 1 heterocycles. The first kappa shape index (κ1) is 16.0. The fourth-order valence-electron chi connectivity index (χ4n) is 2.84. The van der Waals surface area contributed by atoms with Crippen molar-refractivity contribution >= 4 is 23.3 Å². The van der Waals surface area contributed by atoms with Crippen LogP contribution < -0.4 is 10.6 Å². The van der Waals surface area contributed by atoms with E-state index < -0.39 is 0 Å². The van der Waals surface area contributed by atoms with Gasteiger partial charge in [0.25, 0.3) is 0 Å². The third-order valence-electron chi connectivity index (χ3n) is 3.81. The van der Waals surface area contributed by atoms with E-state index in [0.717, 1.165) is 41.5 Å². The quantitative estimate of drug-likeness (QED) is 0.293. The van der Waals surface area contributed by atoms with E-state index in [1.165, 1.54) is 0 Å². The molecule has 0 spiro atoms. The summed E-state index contributed by atoms with van der Waals surface area (Å²) in [5.74, 6) is 1.14. The third-order valence-corrected chi connectivity index (χ3v) is 4.75. The maximum atomic E-state index is 9.14. The lowest BCUT2D eigenvalue weighted by molar-refractivity contribution is 0.275. The minimum Gasteiger partial charge on any atom is -0.409 e. The number of rotatable bonds is 4. The number of piperazine rings is 1. The summed E-state index contributed by atoms with van der Waals surface area (Å²) in [6.07, 6.45) is 0. The number of nitrogens with two attached hydrogens (primary N) is 1. The monoisotopic (exact) mass is 308 g/mol. The van der Waals surface area contributed by atoms with Crippen LogP contribution in [0.15, 0.2) is 28.3 Å². The van der Waals surface area contributed by atoms with Crippen LogP contribution in [0.4, 0.5) is 5.69 Å². The molecule has 1 aliphatic heterocycles. The van der Waals surface area contributed by atoms with E-state index in [9.17, 15) is 0 Å². The largest absolute Gasteiger partial charge is 0.409 e. The predicted octanol–water partition coefficient (Wildman–Crippen LogP) is 2.03. The van der Waals surface area contributed by atoms with Gasteiger partial charge in [0, 0.05) is 36.3 Å². The fourth-order valence-corrected chi connectivity index (χ4v) is 3.68. The number of hydrogen-bond acceptors (Lipinski definition) is 5. The molecule has 0 aromatic heterocycles. The zero-order chi connectivity index (χ0) is 15.4. The number of oxime groups is 1. The van der Waals surface area contributed by atoms with Crippen molar-refractivity contribution in [2.45, 2.75) is 24.8 Å². The Morgan fingerprint density at radius 3 is 2.86 bits per heavy atom. The van der Waals surface area contributed by atoms with Gasteiger partial charge in [-0.1, -0.05) is 18.1 Å². The topological polar surface area (TPSA) is 65.1 Å². The van der Waals surface area contributed by atoms with Gasteiger partial charge in [-0.2, -0.15) is 0 Å². The Bertz CT molecular complexity index is 520. The molecule has 116 valence electrons. The summed E-state index contributed by atoms with van der Waals surface area (Å²) in [7, 11) is 2.14. The van der Waals surface area contributed by atoms with Gasteiger partial charge in [0.1, 0.15) is 0 Å². The van der Waals surface area contributed by atoms with Crippen LogP contribution in [0.25, 0.3) is 0 Å². The van der Waals surface area contributed by atoms with Crippen molar-refractivity contribution in [3.05, 3.63) is 23.8 Å². The zero-order valence-corrected chi connectivity index (χ0v) is 13.7. The second-order valence-electron chi connectivity index (χ2n) is 5.37. The van der Waals surface area contributed by atoms with Gasteiger partial charge in [-0.05, 0) is 31.9 Å². The van der Waals surface area contributed by atoms with Crippen LogP contribution in [0.3, 0.4) is 0 Å². The van der Waals surface area contributed by atoms with Gasteiger partial charge >= 0.3 is 0 Å². The molecule has 0 amide bonds. The summed E-state index contributed by atoms with van der Waals surface area (Å²) < 4.78 is 0. The van der Waals surface area contributed by atoms with Crippen molar-refractivity contribution < 1.29 is 5.21 Å². The van der Waals surface area contributed by atoms with E-state index in [-0.39, 0.29) is 5.84 Å².